The van der Waals surface area contributed by atoms with Crippen molar-refractivity contribution in [3.8, 4) is 0 Å². The highest BCUT2D eigenvalue weighted by atomic mass is 16.2. The van der Waals surface area contributed by atoms with Crippen molar-refractivity contribution in [3.63, 3.8) is 0 Å². The van der Waals surface area contributed by atoms with Gasteiger partial charge in [0.1, 0.15) is 0 Å². The molecule has 0 aromatic carbocycles. The monoisotopic (exact) mass is 336 g/mol. The minimum atomic E-state index is 0.180. The summed E-state index contributed by atoms with van der Waals surface area (Å²) < 4.78 is 1.82. The van der Waals surface area contributed by atoms with E-state index in [1.807, 2.05) is 49.8 Å². The summed E-state index contributed by atoms with van der Waals surface area (Å²) in [5.74, 6) is 0.955. The van der Waals surface area contributed by atoms with Crippen LogP contribution < -0.4 is 10.6 Å². The number of aromatic nitrogens is 2. The molecule has 1 rings (SSSR count). The van der Waals surface area contributed by atoms with Gasteiger partial charge in [-0.1, -0.05) is 0 Å². The van der Waals surface area contributed by atoms with Gasteiger partial charge in [-0.3, -0.25) is 14.5 Å². The highest BCUT2D eigenvalue weighted by Gasteiger charge is 2.09. The largest absolute Gasteiger partial charge is 0.357 e. The lowest BCUT2D eigenvalue weighted by Gasteiger charge is -2.19. The van der Waals surface area contributed by atoms with Crippen LogP contribution in [0.1, 0.15) is 39.2 Å². The third-order valence-electron chi connectivity index (χ3n) is 3.74. The fourth-order valence-electron chi connectivity index (χ4n) is 2.44. The lowest BCUT2D eigenvalue weighted by molar-refractivity contribution is -0.130. The molecule has 7 nitrogen and oxygen atoms in total. The van der Waals surface area contributed by atoms with Gasteiger partial charge in [-0.25, -0.2) is 0 Å². The van der Waals surface area contributed by atoms with Gasteiger partial charge < -0.3 is 15.5 Å². The zero-order valence-electron chi connectivity index (χ0n) is 15.5. The molecule has 1 amide bonds. The molecule has 0 aliphatic rings. The number of carbonyl (C=O) groups excluding carboxylic acids is 1. The lowest BCUT2D eigenvalue weighted by atomic mass is 10.2. The third-order valence-corrected chi connectivity index (χ3v) is 3.74. The van der Waals surface area contributed by atoms with Crippen molar-refractivity contribution < 1.29 is 4.79 Å². The summed E-state index contributed by atoms with van der Waals surface area (Å²) in [5, 5.41) is 10.6. The number of hydrogen-bond acceptors (Lipinski definition) is 3. The Morgan fingerprint density at radius 3 is 2.62 bits per heavy atom. The Morgan fingerprint density at radius 2 is 2.04 bits per heavy atom. The van der Waals surface area contributed by atoms with Crippen LogP contribution in [-0.4, -0.2) is 59.3 Å². The summed E-state index contributed by atoms with van der Waals surface area (Å²) >= 11 is 0. The summed E-state index contributed by atoms with van der Waals surface area (Å²) in [5.41, 5.74) is 1.23. The van der Waals surface area contributed by atoms with E-state index < -0.39 is 0 Å². The van der Waals surface area contributed by atoms with Gasteiger partial charge in [-0.15, -0.1) is 0 Å². The predicted octanol–water partition coefficient (Wildman–Crippen LogP) is 1.17. The Bertz CT molecular complexity index is 507. The topological polar surface area (TPSA) is 74.5 Å². The molecular weight excluding hydrogens is 304 g/mol. The second-order valence-corrected chi connectivity index (χ2v) is 5.63. The van der Waals surface area contributed by atoms with Crippen LogP contribution in [0.4, 0.5) is 0 Å². The standard InChI is InChI=1S/C17H32N6O/c1-5-18-17(20-12-10-16(24)23(6-2)7-3)19-11-8-9-15-13-21-22(4)14-15/h13-14H,5-12H2,1-4H3,(H2,18,19,20). The fourth-order valence-corrected chi connectivity index (χ4v) is 2.44. The molecule has 0 aliphatic heterocycles. The van der Waals surface area contributed by atoms with Crippen LogP contribution in [0, 0.1) is 0 Å². The summed E-state index contributed by atoms with van der Waals surface area (Å²) in [6.45, 7) is 9.71. The summed E-state index contributed by atoms with van der Waals surface area (Å²) in [4.78, 5) is 18.4. The molecule has 0 unspecified atom stereocenters. The van der Waals surface area contributed by atoms with Crippen LogP contribution in [0.3, 0.4) is 0 Å². The van der Waals surface area contributed by atoms with Crippen LogP contribution in [0.5, 0.6) is 0 Å². The molecule has 0 bridgehead atoms. The number of nitrogens with one attached hydrogen (secondary N) is 2. The Morgan fingerprint density at radius 1 is 1.29 bits per heavy atom. The van der Waals surface area contributed by atoms with Crippen molar-refractivity contribution in [2.75, 3.05) is 32.7 Å². The second kappa shape index (κ2) is 11.5. The summed E-state index contributed by atoms with van der Waals surface area (Å²) in [6.07, 6.45) is 6.36. The molecule has 0 radical (unpaired) electrons. The second-order valence-electron chi connectivity index (χ2n) is 5.63. The van der Waals surface area contributed by atoms with Gasteiger partial charge in [0.15, 0.2) is 5.96 Å². The van der Waals surface area contributed by atoms with Crippen LogP contribution in [-0.2, 0) is 18.3 Å². The maximum Gasteiger partial charge on any atom is 0.224 e. The van der Waals surface area contributed by atoms with E-state index in [1.54, 1.807) is 0 Å². The molecule has 2 N–H and O–H groups in total. The summed E-state index contributed by atoms with van der Waals surface area (Å²) in [7, 11) is 1.92. The number of aliphatic imine (C=N–C) groups is 1. The van der Waals surface area contributed by atoms with Gasteiger partial charge >= 0.3 is 0 Å². The average molecular weight is 336 g/mol. The first kappa shape index (κ1) is 20.0. The van der Waals surface area contributed by atoms with Crippen molar-refractivity contribution in [1.82, 2.24) is 25.3 Å². The van der Waals surface area contributed by atoms with Crippen LogP contribution in [0.15, 0.2) is 17.4 Å². The summed E-state index contributed by atoms with van der Waals surface area (Å²) in [6, 6.07) is 0. The number of aryl methyl sites for hydroxylation is 2. The van der Waals surface area contributed by atoms with Gasteiger partial charge in [0, 0.05) is 52.4 Å². The van der Waals surface area contributed by atoms with Crippen LogP contribution in [0.2, 0.25) is 0 Å². The van der Waals surface area contributed by atoms with E-state index in [9.17, 15) is 4.79 Å². The SMILES string of the molecule is CCNC(=NCCCc1cnn(C)c1)NCCC(=O)N(CC)CC. The first-order chi connectivity index (χ1) is 11.6. The molecule has 24 heavy (non-hydrogen) atoms. The first-order valence-electron chi connectivity index (χ1n) is 8.88. The zero-order valence-corrected chi connectivity index (χ0v) is 15.5. The molecule has 1 aromatic rings. The highest BCUT2D eigenvalue weighted by molar-refractivity contribution is 5.81. The molecule has 0 spiro atoms. The molecule has 0 saturated carbocycles. The van der Waals surface area contributed by atoms with E-state index in [-0.39, 0.29) is 5.91 Å². The van der Waals surface area contributed by atoms with Crippen molar-refractivity contribution in [2.45, 2.75) is 40.0 Å². The van der Waals surface area contributed by atoms with Gasteiger partial charge in [0.05, 0.1) is 6.20 Å². The molecule has 0 atom stereocenters. The number of rotatable bonds is 10. The first-order valence-corrected chi connectivity index (χ1v) is 8.88. The van der Waals surface area contributed by atoms with Crippen molar-refractivity contribution in [2.24, 2.45) is 12.0 Å². The van der Waals surface area contributed by atoms with Gasteiger partial charge in [-0.05, 0) is 39.2 Å². The molecule has 0 fully saturated rings. The Hall–Kier alpha value is -2.05. The smallest absolute Gasteiger partial charge is 0.224 e. The van der Waals surface area contributed by atoms with E-state index >= 15 is 0 Å². The van der Waals surface area contributed by atoms with Crippen LogP contribution in [0.25, 0.3) is 0 Å². The van der Waals surface area contributed by atoms with E-state index in [1.165, 1.54) is 5.56 Å². The Labute approximate surface area is 145 Å². The Balaban J connectivity index is 2.32. The van der Waals surface area contributed by atoms with Crippen molar-refractivity contribution in [3.05, 3.63) is 18.0 Å². The maximum absolute atomic E-state index is 12.0. The van der Waals surface area contributed by atoms with E-state index in [4.69, 9.17) is 0 Å². The normalized spacial score (nSPS) is 11.4. The fraction of sp³-hybridized carbons (Fsp3) is 0.706. The maximum atomic E-state index is 12.0. The van der Waals surface area contributed by atoms with Gasteiger partial charge in [0.25, 0.3) is 0 Å². The number of hydrogen-bond donors (Lipinski definition) is 2. The minimum Gasteiger partial charge on any atom is -0.357 e. The van der Waals surface area contributed by atoms with E-state index in [0.717, 1.165) is 45.0 Å². The molecule has 1 heterocycles. The quantitative estimate of drug-likeness (QED) is 0.382. The minimum absolute atomic E-state index is 0.180. The van der Waals surface area contributed by atoms with Crippen LogP contribution >= 0.6 is 0 Å². The zero-order chi connectivity index (χ0) is 17.8. The van der Waals surface area contributed by atoms with Crippen molar-refractivity contribution >= 4 is 11.9 Å². The molecular formula is C17H32N6O. The number of amides is 1. The number of guanidine groups is 1. The molecule has 0 saturated heterocycles. The molecule has 7 heteroatoms. The molecule has 1 aromatic heterocycles. The van der Waals surface area contributed by atoms with E-state index in [0.29, 0.717) is 13.0 Å². The predicted molar refractivity (Wildman–Crippen MR) is 98.1 cm³/mol. The molecule has 136 valence electrons. The molecule has 0 aliphatic carbocycles. The van der Waals surface area contributed by atoms with Crippen molar-refractivity contribution in [1.29, 1.82) is 0 Å². The highest BCUT2D eigenvalue weighted by Crippen LogP contribution is 2.00. The van der Waals surface area contributed by atoms with E-state index in [2.05, 4.69) is 20.7 Å². The van der Waals surface area contributed by atoms with Gasteiger partial charge in [0.2, 0.25) is 5.91 Å². The lowest BCUT2D eigenvalue weighted by Crippen LogP contribution is -2.40. The Kier molecular flexibility index (Phi) is 9.56. The number of nitrogens with zero attached hydrogens (tertiary/aromatic N) is 4. The number of carbonyl (C=O) groups is 1. The van der Waals surface area contributed by atoms with Gasteiger partial charge in [-0.2, -0.15) is 5.10 Å². The third kappa shape index (κ3) is 7.48. The average Bonchev–Trinajstić information content (AvgIpc) is 2.98.